The first-order valence-corrected chi connectivity index (χ1v) is 18.6. The molecule has 7 aromatic carbocycles. The van der Waals surface area contributed by atoms with Crippen molar-refractivity contribution in [1.82, 2.24) is 24.1 Å². The molecule has 0 radical (unpaired) electrons. The summed E-state index contributed by atoms with van der Waals surface area (Å²) in [5, 5.41) is 5.24. The summed E-state index contributed by atoms with van der Waals surface area (Å²) in [4.78, 5) is 15.2. The highest BCUT2D eigenvalue weighted by Crippen LogP contribution is 2.39. The third-order valence-electron chi connectivity index (χ3n) is 10.9. The van der Waals surface area contributed by atoms with E-state index in [-0.39, 0.29) is 5.82 Å². The Balaban J connectivity index is 1.09. The Labute approximate surface area is 316 Å². The number of halogens is 1. The van der Waals surface area contributed by atoms with Crippen LogP contribution in [0.5, 0.6) is 0 Å². The molecule has 0 N–H and O–H groups in total. The molecule has 0 amide bonds. The molecule has 0 saturated carbocycles. The summed E-state index contributed by atoms with van der Waals surface area (Å²) in [6, 6.07) is 53.4. The fourth-order valence-corrected chi connectivity index (χ4v) is 8.31. The van der Waals surface area contributed by atoms with Crippen molar-refractivity contribution >= 4 is 49.6 Å². The molecule has 0 atom stereocenters. The lowest BCUT2D eigenvalue weighted by atomic mass is 9.98. The second-order valence-electron chi connectivity index (χ2n) is 14.1. The summed E-state index contributed by atoms with van der Waals surface area (Å²) in [5.41, 5.74) is 11.1. The second-order valence-corrected chi connectivity index (χ2v) is 14.1. The number of fused-ring (bicyclic) bond motifs is 7. The second kappa shape index (κ2) is 12.5. The van der Waals surface area contributed by atoms with Gasteiger partial charge in [-0.05, 0) is 95.4 Å². The molecule has 3 heterocycles. The van der Waals surface area contributed by atoms with Gasteiger partial charge in [0.25, 0.3) is 0 Å². The van der Waals surface area contributed by atoms with E-state index in [1.165, 1.54) is 39.5 Å². The smallest absolute Gasteiger partial charge is 0.238 e. The predicted octanol–water partition coefficient (Wildman–Crippen LogP) is 12.2. The monoisotopic (exact) mass is 709 g/mol. The highest BCUT2D eigenvalue weighted by atomic mass is 19.1. The molecule has 6 heteroatoms. The van der Waals surface area contributed by atoms with Gasteiger partial charge in [0, 0.05) is 44.2 Å². The van der Waals surface area contributed by atoms with Gasteiger partial charge in [0.05, 0.1) is 16.6 Å². The Kier molecular flexibility index (Phi) is 7.10. The largest absolute Gasteiger partial charge is 0.313 e. The molecule has 0 spiro atoms. The molecule has 10 aromatic rings. The zero-order chi connectivity index (χ0) is 36.5. The van der Waals surface area contributed by atoms with Crippen LogP contribution in [0.4, 0.5) is 4.39 Å². The number of rotatable bonds is 5. The van der Waals surface area contributed by atoms with Crippen molar-refractivity contribution in [3.8, 4) is 45.5 Å². The molecular formula is C49H32FN5. The molecule has 0 saturated heterocycles. The number of allylic oxidation sites excluding steroid dienone is 1. The molecule has 0 aliphatic heterocycles. The van der Waals surface area contributed by atoms with Crippen molar-refractivity contribution in [3.63, 3.8) is 0 Å². The van der Waals surface area contributed by atoms with E-state index in [0.29, 0.717) is 17.6 Å². The number of hydrogen-bond acceptors (Lipinski definition) is 3. The summed E-state index contributed by atoms with van der Waals surface area (Å²) >= 11 is 0. The molecule has 5 nitrogen and oxygen atoms in total. The van der Waals surface area contributed by atoms with Gasteiger partial charge in [-0.25, -0.2) is 9.37 Å². The van der Waals surface area contributed by atoms with Crippen molar-refractivity contribution < 1.29 is 4.39 Å². The lowest BCUT2D eigenvalue weighted by Crippen LogP contribution is -2.06. The fourth-order valence-electron chi connectivity index (χ4n) is 8.31. The Morgan fingerprint density at radius 3 is 1.93 bits per heavy atom. The minimum Gasteiger partial charge on any atom is -0.313 e. The van der Waals surface area contributed by atoms with E-state index in [0.717, 1.165) is 62.1 Å². The van der Waals surface area contributed by atoms with E-state index >= 15 is 0 Å². The maximum Gasteiger partial charge on any atom is 0.238 e. The lowest BCUT2D eigenvalue weighted by Gasteiger charge is -2.13. The fraction of sp³-hybridized carbons (Fsp3) is 0.0408. The standard InChI is InChI=1S/C49H32FN5/c50-37-24-21-32-27-36(20-19-33(32)28-37)48-51-47(31-11-3-1-4-12-31)52-49(53-48)55-44-18-10-8-16-40(44)42-30-35(23-26-46(42)55)34-22-25-45-41(29-34)39-15-7-9-17-43(39)54(45)38-13-5-2-6-14-38/h1-8,10-16,18-30H,9,17H2. The normalized spacial score (nSPS) is 12.6. The number of benzene rings is 7. The topological polar surface area (TPSA) is 48.5 Å². The Morgan fingerprint density at radius 2 is 1.11 bits per heavy atom. The van der Waals surface area contributed by atoms with Crippen molar-refractivity contribution in [2.24, 2.45) is 0 Å². The van der Waals surface area contributed by atoms with E-state index in [2.05, 4.69) is 112 Å². The van der Waals surface area contributed by atoms with Crippen LogP contribution >= 0.6 is 0 Å². The summed E-state index contributed by atoms with van der Waals surface area (Å²) < 4.78 is 18.6. The predicted molar refractivity (Wildman–Crippen MR) is 222 cm³/mol. The van der Waals surface area contributed by atoms with Gasteiger partial charge in [0.1, 0.15) is 5.82 Å². The zero-order valence-electron chi connectivity index (χ0n) is 29.7. The van der Waals surface area contributed by atoms with Crippen LogP contribution in [0.1, 0.15) is 17.7 Å². The minimum atomic E-state index is -0.262. The van der Waals surface area contributed by atoms with Gasteiger partial charge in [-0.1, -0.05) is 109 Å². The Hall–Kier alpha value is -7.18. The number of para-hydroxylation sites is 2. The molecule has 0 bridgehead atoms. The molecule has 1 aliphatic carbocycles. The van der Waals surface area contributed by atoms with Gasteiger partial charge in [-0.15, -0.1) is 0 Å². The van der Waals surface area contributed by atoms with Crippen molar-refractivity contribution in [1.29, 1.82) is 0 Å². The van der Waals surface area contributed by atoms with E-state index in [1.54, 1.807) is 12.1 Å². The van der Waals surface area contributed by atoms with Crippen LogP contribution in [-0.4, -0.2) is 24.1 Å². The van der Waals surface area contributed by atoms with Crippen LogP contribution in [-0.2, 0) is 6.42 Å². The average molecular weight is 710 g/mol. The highest BCUT2D eigenvalue weighted by Gasteiger charge is 2.21. The van der Waals surface area contributed by atoms with E-state index in [1.807, 2.05) is 48.5 Å². The molecule has 11 rings (SSSR count). The van der Waals surface area contributed by atoms with Crippen molar-refractivity contribution in [2.75, 3.05) is 0 Å². The van der Waals surface area contributed by atoms with Crippen LogP contribution in [0.25, 0.3) is 95.1 Å². The SMILES string of the molecule is Fc1ccc2cc(-c3nc(-c4ccccc4)nc(-n4c5ccccc5c5cc(-c6ccc7c(c6)c6c(n7-c7ccccc7)CCC=C6)ccc54)n3)ccc2c1. The summed E-state index contributed by atoms with van der Waals surface area (Å²) in [6.45, 7) is 0. The molecule has 1 aliphatic rings. The molecular weight excluding hydrogens is 678 g/mol. The Morgan fingerprint density at radius 1 is 0.473 bits per heavy atom. The van der Waals surface area contributed by atoms with Crippen LogP contribution in [0, 0.1) is 5.82 Å². The van der Waals surface area contributed by atoms with Crippen molar-refractivity contribution in [3.05, 3.63) is 181 Å². The van der Waals surface area contributed by atoms with Gasteiger partial charge in [0.2, 0.25) is 5.95 Å². The molecule has 55 heavy (non-hydrogen) atoms. The van der Waals surface area contributed by atoms with Crippen LogP contribution in [0.2, 0.25) is 0 Å². The average Bonchev–Trinajstić information content (AvgIpc) is 3.76. The first kappa shape index (κ1) is 31.4. The van der Waals surface area contributed by atoms with E-state index in [4.69, 9.17) is 15.0 Å². The maximum absolute atomic E-state index is 14.0. The van der Waals surface area contributed by atoms with Gasteiger partial charge in [-0.2, -0.15) is 9.97 Å². The molecule has 260 valence electrons. The maximum atomic E-state index is 14.0. The lowest BCUT2D eigenvalue weighted by molar-refractivity contribution is 0.630. The summed E-state index contributed by atoms with van der Waals surface area (Å²) in [6.07, 6.45) is 6.65. The van der Waals surface area contributed by atoms with E-state index < -0.39 is 0 Å². The molecule has 0 fully saturated rings. The highest BCUT2D eigenvalue weighted by molar-refractivity contribution is 6.10. The van der Waals surface area contributed by atoms with Crippen LogP contribution < -0.4 is 0 Å². The van der Waals surface area contributed by atoms with Gasteiger partial charge < -0.3 is 4.57 Å². The zero-order valence-corrected chi connectivity index (χ0v) is 29.7. The summed E-state index contributed by atoms with van der Waals surface area (Å²) in [7, 11) is 0. The molecule has 0 unspecified atom stereocenters. The van der Waals surface area contributed by atoms with Crippen LogP contribution in [0.15, 0.2) is 164 Å². The van der Waals surface area contributed by atoms with Crippen molar-refractivity contribution in [2.45, 2.75) is 12.8 Å². The first-order valence-electron chi connectivity index (χ1n) is 18.6. The van der Waals surface area contributed by atoms with Crippen LogP contribution in [0.3, 0.4) is 0 Å². The first-order chi connectivity index (χ1) is 27.2. The number of nitrogens with zero attached hydrogens (tertiary/aromatic N) is 5. The number of aromatic nitrogens is 5. The number of hydrogen-bond donors (Lipinski definition) is 0. The van der Waals surface area contributed by atoms with Gasteiger partial charge in [0.15, 0.2) is 11.6 Å². The van der Waals surface area contributed by atoms with E-state index in [9.17, 15) is 4.39 Å². The third-order valence-corrected chi connectivity index (χ3v) is 10.9. The quantitative estimate of drug-likeness (QED) is 0.179. The minimum absolute atomic E-state index is 0.262. The Bertz CT molecular complexity index is 3160. The van der Waals surface area contributed by atoms with Gasteiger partial charge in [-0.3, -0.25) is 4.57 Å². The third kappa shape index (κ3) is 5.17. The summed E-state index contributed by atoms with van der Waals surface area (Å²) in [5.74, 6) is 1.40. The van der Waals surface area contributed by atoms with Gasteiger partial charge >= 0.3 is 0 Å². The molecule has 3 aromatic heterocycles.